The molecule has 144 valence electrons. The molecule has 0 atom stereocenters. The van der Waals surface area contributed by atoms with Crippen LogP contribution in [0.3, 0.4) is 0 Å². The lowest BCUT2D eigenvalue weighted by Crippen LogP contribution is -2.01. The van der Waals surface area contributed by atoms with Crippen molar-refractivity contribution in [3.05, 3.63) is 82.1 Å². The number of rotatable bonds is 7. The standard InChI is InChI=1S/C22H19BrFNO3/c1-26-18-9-7-17(8-10-18)25-13-15-11-19(23)22(21(12-15)27-2)28-14-16-5-3-4-6-20(16)24/h3-13H,14H2,1-2H3. The first-order valence-electron chi connectivity index (χ1n) is 8.52. The van der Waals surface area contributed by atoms with E-state index in [1.165, 1.54) is 6.07 Å². The highest BCUT2D eigenvalue weighted by Crippen LogP contribution is 2.37. The molecule has 0 heterocycles. The number of hydrogen-bond acceptors (Lipinski definition) is 4. The fourth-order valence-electron chi connectivity index (χ4n) is 2.54. The molecule has 0 amide bonds. The van der Waals surface area contributed by atoms with Crippen molar-refractivity contribution in [3.63, 3.8) is 0 Å². The predicted molar refractivity (Wildman–Crippen MR) is 112 cm³/mol. The average molecular weight is 444 g/mol. The summed E-state index contributed by atoms with van der Waals surface area (Å²) in [4.78, 5) is 4.46. The van der Waals surface area contributed by atoms with Crippen molar-refractivity contribution in [1.82, 2.24) is 0 Å². The van der Waals surface area contributed by atoms with Gasteiger partial charge in [-0.3, -0.25) is 4.99 Å². The van der Waals surface area contributed by atoms with Crippen LogP contribution in [-0.2, 0) is 6.61 Å². The Morgan fingerprint density at radius 2 is 1.75 bits per heavy atom. The van der Waals surface area contributed by atoms with Crippen molar-refractivity contribution in [2.24, 2.45) is 4.99 Å². The monoisotopic (exact) mass is 443 g/mol. The molecule has 0 spiro atoms. The zero-order valence-electron chi connectivity index (χ0n) is 15.5. The lowest BCUT2D eigenvalue weighted by molar-refractivity contribution is 0.278. The van der Waals surface area contributed by atoms with Crippen LogP contribution in [0.15, 0.2) is 70.1 Å². The van der Waals surface area contributed by atoms with E-state index in [9.17, 15) is 4.39 Å². The molecule has 4 nitrogen and oxygen atoms in total. The maximum Gasteiger partial charge on any atom is 0.175 e. The van der Waals surface area contributed by atoms with Gasteiger partial charge in [0.2, 0.25) is 0 Å². The molecular formula is C22H19BrFNO3. The zero-order valence-corrected chi connectivity index (χ0v) is 17.1. The van der Waals surface area contributed by atoms with Crippen LogP contribution >= 0.6 is 15.9 Å². The second kappa shape index (κ2) is 9.37. The van der Waals surface area contributed by atoms with E-state index in [4.69, 9.17) is 14.2 Å². The molecule has 6 heteroatoms. The van der Waals surface area contributed by atoms with Gasteiger partial charge < -0.3 is 14.2 Å². The molecule has 0 N–H and O–H groups in total. The van der Waals surface area contributed by atoms with Crippen LogP contribution in [0.25, 0.3) is 0 Å². The molecule has 0 radical (unpaired) electrons. The van der Waals surface area contributed by atoms with Crippen molar-refractivity contribution >= 4 is 27.8 Å². The third-order valence-electron chi connectivity index (χ3n) is 4.02. The molecule has 0 aliphatic rings. The molecule has 0 saturated carbocycles. The number of hydrogen-bond donors (Lipinski definition) is 0. The quantitative estimate of drug-likeness (QED) is 0.424. The first-order valence-corrected chi connectivity index (χ1v) is 9.32. The Balaban J connectivity index is 1.78. The maximum absolute atomic E-state index is 13.8. The van der Waals surface area contributed by atoms with Crippen molar-refractivity contribution < 1.29 is 18.6 Å². The summed E-state index contributed by atoms with van der Waals surface area (Å²) in [5.41, 5.74) is 2.11. The van der Waals surface area contributed by atoms with E-state index >= 15 is 0 Å². The number of nitrogens with zero attached hydrogens (tertiary/aromatic N) is 1. The smallest absolute Gasteiger partial charge is 0.175 e. The first-order chi connectivity index (χ1) is 13.6. The summed E-state index contributed by atoms with van der Waals surface area (Å²) >= 11 is 3.50. The molecule has 0 aliphatic carbocycles. The second-order valence-corrected chi connectivity index (χ2v) is 6.72. The number of ether oxygens (including phenoxy) is 3. The molecule has 3 aromatic rings. The Hall–Kier alpha value is -2.86. The molecule has 28 heavy (non-hydrogen) atoms. The molecule has 3 aromatic carbocycles. The minimum absolute atomic E-state index is 0.0981. The Morgan fingerprint density at radius 3 is 2.43 bits per heavy atom. The molecule has 0 unspecified atom stereocenters. The van der Waals surface area contributed by atoms with E-state index in [2.05, 4.69) is 20.9 Å². The van der Waals surface area contributed by atoms with Crippen LogP contribution in [-0.4, -0.2) is 20.4 Å². The van der Waals surface area contributed by atoms with Crippen LogP contribution in [0.5, 0.6) is 17.2 Å². The second-order valence-electron chi connectivity index (χ2n) is 5.87. The van der Waals surface area contributed by atoms with Crippen molar-refractivity contribution in [3.8, 4) is 17.2 Å². The Morgan fingerprint density at radius 1 is 1.00 bits per heavy atom. The van der Waals surface area contributed by atoms with Crippen molar-refractivity contribution in [2.75, 3.05) is 14.2 Å². The highest BCUT2D eigenvalue weighted by atomic mass is 79.9. The van der Waals surface area contributed by atoms with Gasteiger partial charge in [0.05, 0.1) is 24.4 Å². The van der Waals surface area contributed by atoms with Gasteiger partial charge in [-0.1, -0.05) is 18.2 Å². The highest BCUT2D eigenvalue weighted by molar-refractivity contribution is 9.10. The van der Waals surface area contributed by atoms with Gasteiger partial charge in [0.25, 0.3) is 0 Å². The highest BCUT2D eigenvalue weighted by Gasteiger charge is 2.12. The molecule has 0 aromatic heterocycles. The summed E-state index contributed by atoms with van der Waals surface area (Å²) in [6.07, 6.45) is 1.73. The van der Waals surface area contributed by atoms with E-state index in [-0.39, 0.29) is 12.4 Å². The normalized spacial score (nSPS) is 10.9. The summed E-state index contributed by atoms with van der Waals surface area (Å²) in [6.45, 7) is 0.0981. The largest absolute Gasteiger partial charge is 0.497 e. The molecule has 3 rings (SSSR count). The zero-order chi connectivity index (χ0) is 19.9. The van der Waals surface area contributed by atoms with Gasteiger partial charge in [0.15, 0.2) is 11.5 Å². The summed E-state index contributed by atoms with van der Waals surface area (Å²) in [5.74, 6) is 1.51. The van der Waals surface area contributed by atoms with Crippen LogP contribution in [0.4, 0.5) is 10.1 Å². The minimum atomic E-state index is -0.305. The molecular weight excluding hydrogens is 425 g/mol. The molecule has 0 saturated heterocycles. The van der Waals surface area contributed by atoms with Crippen LogP contribution in [0, 0.1) is 5.82 Å². The minimum Gasteiger partial charge on any atom is -0.497 e. The summed E-state index contributed by atoms with van der Waals surface area (Å²) in [5, 5.41) is 0. The van der Waals surface area contributed by atoms with Crippen LogP contribution in [0.1, 0.15) is 11.1 Å². The topological polar surface area (TPSA) is 40.0 Å². The predicted octanol–water partition coefficient (Wildman–Crippen LogP) is 5.94. The first kappa shape index (κ1) is 19.9. The number of halogens is 2. The van der Waals surface area contributed by atoms with E-state index in [1.807, 2.05) is 36.4 Å². The van der Waals surface area contributed by atoms with Gasteiger partial charge in [-0.05, 0) is 64.0 Å². The number of methoxy groups -OCH3 is 2. The van der Waals surface area contributed by atoms with Gasteiger partial charge in [0.1, 0.15) is 18.2 Å². The van der Waals surface area contributed by atoms with E-state index in [0.29, 0.717) is 21.5 Å². The lowest BCUT2D eigenvalue weighted by atomic mass is 10.2. The Bertz CT molecular complexity index is 974. The molecule has 0 fully saturated rings. The van der Waals surface area contributed by atoms with Gasteiger partial charge >= 0.3 is 0 Å². The SMILES string of the molecule is COc1ccc(N=Cc2cc(Br)c(OCc3ccccc3F)c(OC)c2)cc1. The molecule has 0 bridgehead atoms. The van der Waals surface area contributed by atoms with Gasteiger partial charge in [0, 0.05) is 11.8 Å². The Labute approximate surface area is 171 Å². The number of aliphatic imine (C=N–C) groups is 1. The summed E-state index contributed by atoms with van der Waals surface area (Å²) in [7, 11) is 3.18. The third kappa shape index (κ3) is 4.89. The van der Waals surface area contributed by atoms with E-state index in [0.717, 1.165) is 17.0 Å². The fourth-order valence-corrected chi connectivity index (χ4v) is 3.11. The van der Waals surface area contributed by atoms with Gasteiger partial charge in [-0.2, -0.15) is 0 Å². The Kier molecular flexibility index (Phi) is 6.66. The fraction of sp³-hybridized carbons (Fsp3) is 0.136. The maximum atomic E-state index is 13.8. The van der Waals surface area contributed by atoms with Crippen molar-refractivity contribution in [1.29, 1.82) is 0 Å². The third-order valence-corrected chi connectivity index (χ3v) is 4.61. The van der Waals surface area contributed by atoms with Gasteiger partial charge in [-0.15, -0.1) is 0 Å². The lowest BCUT2D eigenvalue weighted by Gasteiger charge is -2.14. The van der Waals surface area contributed by atoms with Crippen LogP contribution in [0.2, 0.25) is 0 Å². The van der Waals surface area contributed by atoms with E-state index in [1.54, 1.807) is 38.6 Å². The summed E-state index contributed by atoms with van der Waals surface area (Å²) < 4.78 is 30.9. The average Bonchev–Trinajstić information content (AvgIpc) is 2.72. The molecule has 0 aliphatic heterocycles. The summed E-state index contributed by atoms with van der Waals surface area (Å²) in [6, 6.07) is 17.6. The number of benzene rings is 3. The van der Waals surface area contributed by atoms with Crippen molar-refractivity contribution in [2.45, 2.75) is 6.61 Å². The van der Waals surface area contributed by atoms with E-state index < -0.39 is 0 Å². The van der Waals surface area contributed by atoms with Gasteiger partial charge in [-0.25, -0.2) is 4.39 Å². The van der Waals surface area contributed by atoms with Crippen LogP contribution < -0.4 is 14.2 Å².